The van der Waals surface area contributed by atoms with Crippen LogP contribution in [0.5, 0.6) is 0 Å². The molecule has 0 spiro atoms. The van der Waals surface area contributed by atoms with Crippen molar-refractivity contribution in [3.8, 4) is 11.3 Å². The highest BCUT2D eigenvalue weighted by Gasteiger charge is 2.33. The molecule has 2 heterocycles. The number of halogens is 1. The molecular weight excluding hydrogens is 388 g/mol. The van der Waals surface area contributed by atoms with Crippen LogP contribution < -0.4 is 11.2 Å². The van der Waals surface area contributed by atoms with E-state index < -0.39 is 0 Å². The van der Waals surface area contributed by atoms with Gasteiger partial charge in [-0.15, -0.1) is 12.4 Å². The molecule has 3 aromatic rings. The van der Waals surface area contributed by atoms with E-state index in [1.807, 2.05) is 42.2 Å². The van der Waals surface area contributed by atoms with Gasteiger partial charge in [0.2, 0.25) is 0 Å². The first-order chi connectivity index (χ1) is 13.5. The number of rotatable bonds is 3. The van der Waals surface area contributed by atoms with Crippen LogP contribution in [0.15, 0.2) is 57.7 Å². The summed E-state index contributed by atoms with van der Waals surface area (Å²) in [5, 5.41) is 0.435. The summed E-state index contributed by atoms with van der Waals surface area (Å²) in [6, 6.07) is 14.8. The molecule has 2 N–H and O–H groups in total. The number of nitrogens with zero attached hydrogens (tertiary/aromatic N) is 1. The Labute approximate surface area is 175 Å². The predicted molar refractivity (Wildman–Crippen MR) is 118 cm³/mol. The lowest BCUT2D eigenvalue weighted by atomic mass is 10.0. The van der Waals surface area contributed by atoms with Gasteiger partial charge < -0.3 is 15.1 Å². The fourth-order valence-corrected chi connectivity index (χ4v) is 4.09. The van der Waals surface area contributed by atoms with E-state index in [2.05, 4.69) is 0 Å². The predicted octanol–water partition coefficient (Wildman–Crippen LogP) is 4.00. The highest BCUT2D eigenvalue weighted by molar-refractivity contribution is 6.05. The van der Waals surface area contributed by atoms with Crippen molar-refractivity contribution in [2.75, 3.05) is 13.1 Å². The first kappa shape index (κ1) is 21.1. The zero-order valence-corrected chi connectivity index (χ0v) is 17.4. The number of fused-ring (bicyclic) bond motifs is 1. The zero-order valence-electron chi connectivity index (χ0n) is 16.6. The van der Waals surface area contributed by atoms with Crippen LogP contribution in [0, 0.1) is 12.8 Å². The van der Waals surface area contributed by atoms with Gasteiger partial charge in [-0.05, 0) is 44.9 Å². The molecule has 0 saturated carbocycles. The minimum atomic E-state index is -0.111. The van der Waals surface area contributed by atoms with Crippen molar-refractivity contribution < 1.29 is 9.21 Å². The maximum absolute atomic E-state index is 13.3. The van der Waals surface area contributed by atoms with Gasteiger partial charge >= 0.3 is 0 Å². The number of nitrogens with two attached hydrogens (primary N) is 1. The molecule has 4 rings (SSSR count). The summed E-state index contributed by atoms with van der Waals surface area (Å²) in [4.78, 5) is 28.1. The molecule has 6 heteroatoms. The first-order valence-electron chi connectivity index (χ1n) is 9.64. The third kappa shape index (κ3) is 3.68. The lowest BCUT2D eigenvalue weighted by Crippen LogP contribution is -2.34. The van der Waals surface area contributed by atoms with Crippen LogP contribution in [0.2, 0.25) is 0 Å². The largest absolute Gasteiger partial charge is 0.455 e. The van der Waals surface area contributed by atoms with Crippen LogP contribution in [-0.2, 0) is 0 Å². The van der Waals surface area contributed by atoms with Crippen LogP contribution in [0.25, 0.3) is 22.3 Å². The highest BCUT2D eigenvalue weighted by atomic mass is 35.5. The van der Waals surface area contributed by atoms with E-state index in [-0.39, 0.29) is 29.8 Å². The number of amides is 1. The second kappa shape index (κ2) is 8.39. The molecule has 1 fully saturated rings. The van der Waals surface area contributed by atoms with Crippen LogP contribution >= 0.6 is 12.4 Å². The molecule has 2 unspecified atom stereocenters. The van der Waals surface area contributed by atoms with Crippen molar-refractivity contribution in [1.29, 1.82) is 0 Å². The summed E-state index contributed by atoms with van der Waals surface area (Å²) in [5.74, 6) is 0.704. The van der Waals surface area contributed by atoms with Gasteiger partial charge in [0.05, 0.1) is 10.9 Å². The Balaban J connectivity index is 0.00000240. The Bertz CT molecular complexity index is 1090. The fraction of sp³-hybridized carbons (Fsp3) is 0.304. The van der Waals surface area contributed by atoms with E-state index in [0.717, 1.165) is 12.0 Å². The minimum absolute atomic E-state index is 0. The summed E-state index contributed by atoms with van der Waals surface area (Å²) in [6.07, 6.45) is 0.894. The molecule has 1 aliphatic heterocycles. The van der Waals surface area contributed by atoms with Crippen molar-refractivity contribution in [2.45, 2.75) is 26.3 Å². The van der Waals surface area contributed by atoms with Crippen molar-refractivity contribution in [1.82, 2.24) is 4.90 Å². The Morgan fingerprint density at radius 2 is 1.90 bits per heavy atom. The average Bonchev–Trinajstić information content (AvgIpc) is 3.11. The van der Waals surface area contributed by atoms with E-state index in [1.54, 1.807) is 25.1 Å². The monoisotopic (exact) mass is 412 g/mol. The summed E-state index contributed by atoms with van der Waals surface area (Å²) >= 11 is 0. The van der Waals surface area contributed by atoms with E-state index in [0.29, 0.717) is 46.9 Å². The first-order valence-corrected chi connectivity index (χ1v) is 9.64. The van der Waals surface area contributed by atoms with Gasteiger partial charge in [0.25, 0.3) is 5.91 Å². The molecule has 0 radical (unpaired) electrons. The summed E-state index contributed by atoms with van der Waals surface area (Å²) in [6.45, 7) is 5.00. The lowest BCUT2D eigenvalue weighted by Gasteiger charge is -2.22. The van der Waals surface area contributed by atoms with Gasteiger partial charge in [-0.2, -0.15) is 0 Å². The lowest BCUT2D eigenvalue weighted by molar-refractivity contribution is 0.0744. The molecule has 1 saturated heterocycles. The average molecular weight is 413 g/mol. The zero-order chi connectivity index (χ0) is 19.8. The van der Waals surface area contributed by atoms with Gasteiger partial charge in [-0.25, -0.2) is 0 Å². The van der Waals surface area contributed by atoms with Gasteiger partial charge in [0, 0.05) is 23.7 Å². The van der Waals surface area contributed by atoms with Gasteiger partial charge in [0.1, 0.15) is 5.76 Å². The van der Waals surface area contributed by atoms with E-state index >= 15 is 0 Å². The smallest absolute Gasteiger partial charge is 0.257 e. The Morgan fingerprint density at radius 3 is 2.55 bits per heavy atom. The molecule has 29 heavy (non-hydrogen) atoms. The quantitative estimate of drug-likeness (QED) is 0.705. The van der Waals surface area contributed by atoms with Crippen LogP contribution in [-0.4, -0.2) is 29.9 Å². The highest BCUT2D eigenvalue weighted by Crippen LogP contribution is 2.30. The molecule has 1 aromatic heterocycles. The molecule has 0 aliphatic carbocycles. The van der Waals surface area contributed by atoms with Gasteiger partial charge in [-0.3, -0.25) is 9.59 Å². The van der Waals surface area contributed by atoms with Crippen LogP contribution in [0.1, 0.15) is 29.3 Å². The molecule has 0 bridgehead atoms. The Hall–Kier alpha value is -2.63. The van der Waals surface area contributed by atoms with E-state index in [9.17, 15) is 9.59 Å². The topological polar surface area (TPSA) is 76.5 Å². The summed E-state index contributed by atoms with van der Waals surface area (Å²) < 4.78 is 6.19. The van der Waals surface area contributed by atoms with Crippen molar-refractivity contribution in [3.63, 3.8) is 0 Å². The van der Waals surface area contributed by atoms with Crippen molar-refractivity contribution in [2.24, 2.45) is 11.7 Å². The van der Waals surface area contributed by atoms with Crippen LogP contribution in [0.4, 0.5) is 0 Å². The van der Waals surface area contributed by atoms with Crippen molar-refractivity contribution >= 4 is 29.3 Å². The number of benzene rings is 2. The SMILES string of the molecule is Cc1c(-c2ccccc2)oc2c(C(=O)N3CC(CN)CC3C)cccc2c1=O.Cl. The second-order valence-electron chi connectivity index (χ2n) is 7.58. The standard InChI is InChI=1S/C23H24N2O3.ClH/c1-14-11-16(12-24)13-25(14)23(27)19-10-6-9-18-20(26)15(2)21(28-22(18)19)17-7-4-3-5-8-17;/h3-10,14,16H,11-13,24H2,1-2H3;1H. The van der Waals surface area contributed by atoms with Gasteiger partial charge in [-0.1, -0.05) is 36.4 Å². The summed E-state index contributed by atoms with van der Waals surface area (Å²) in [7, 11) is 0. The molecule has 1 amide bonds. The Kier molecular flexibility index (Phi) is 6.10. The van der Waals surface area contributed by atoms with Gasteiger partial charge in [0.15, 0.2) is 11.0 Å². The molecule has 5 nitrogen and oxygen atoms in total. The maximum atomic E-state index is 13.3. The number of hydrogen-bond donors (Lipinski definition) is 1. The molecular formula is C23H25ClN2O3. The molecule has 2 aromatic carbocycles. The maximum Gasteiger partial charge on any atom is 0.257 e. The number of likely N-dealkylation sites (tertiary alicyclic amines) is 1. The van der Waals surface area contributed by atoms with Crippen molar-refractivity contribution in [3.05, 3.63) is 69.9 Å². The Morgan fingerprint density at radius 1 is 1.17 bits per heavy atom. The van der Waals surface area contributed by atoms with Crippen LogP contribution in [0.3, 0.4) is 0 Å². The third-order valence-electron chi connectivity index (χ3n) is 5.67. The number of para-hydroxylation sites is 1. The third-order valence-corrected chi connectivity index (χ3v) is 5.67. The number of carbonyl (C=O) groups excluding carboxylic acids is 1. The number of carbonyl (C=O) groups is 1. The second-order valence-corrected chi connectivity index (χ2v) is 7.58. The summed E-state index contributed by atoms with van der Waals surface area (Å²) in [5.41, 5.74) is 7.84. The molecule has 1 aliphatic rings. The molecule has 152 valence electrons. The number of hydrogen-bond acceptors (Lipinski definition) is 4. The minimum Gasteiger partial charge on any atom is -0.455 e. The fourth-order valence-electron chi connectivity index (χ4n) is 4.09. The van der Waals surface area contributed by atoms with E-state index in [1.165, 1.54) is 0 Å². The molecule has 2 atom stereocenters. The van der Waals surface area contributed by atoms with E-state index in [4.69, 9.17) is 10.2 Å². The normalized spacial score (nSPS) is 18.7.